The van der Waals surface area contributed by atoms with Gasteiger partial charge < -0.3 is 0 Å². The van der Waals surface area contributed by atoms with E-state index in [0.29, 0.717) is 21.3 Å². The third-order valence-electron chi connectivity index (χ3n) is 2.39. The summed E-state index contributed by atoms with van der Waals surface area (Å²) in [5.74, 6) is -1.38. The van der Waals surface area contributed by atoms with Gasteiger partial charge in [0.1, 0.15) is 23.3 Å². The second kappa shape index (κ2) is 7.04. The number of thioether (sulfide) groups is 2. The van der Waals surface area contributed by atoms with E-state index in [2.05, 4.69) is 0 Å². The lowest BCUT2D eigenvalue weighted by Crippen LogP contribution is -1.90. The predicted octanol–water partition coefficient (Wildman–Crippen LogP) is 5.13. The van der Waals surface area contributed by atoms with Crippen LogP contribution in [0.15, 0.2) is 46.2 Å². The van der Waals surface area contributed by atoms with Gasteiger partial charge in [-0.3, -0.25) is 0 Å². The summed E-state index contributed by atoms with van der Waals surface area (Å²) < 4.78 is 52.1. The molecular weight excluding hydrogens is 308 g/mol. The molecule has 0 nitrogen and oxygen atoms in total. The van der Waals surface area contributed by atoms with E-state index in [1.807, 2.05) is 0 Å². The highest BCUT2D eigenvalue weighted by molar-refractivity contribution is 8.03. The van der Waals surface area contributed by atoms with E-state index < -0.39 is 23.3 Å². The fourth-order valence-electron chi connectivity index (χ4n) is 1.49. The molecule has 0 unspecified atom stereocenters. The van der Waals surface area contributed by atoms with Crippen LogP contribution in [0.2, 0.25) is 0 Å². The topological polar surface area (TPSA) is 0 Å². The number of hydrogen-bond donors (Lipinski definition) is 0. The van der Waals surface area contributed by atoms with Crippen molar-refractivity contribution in [2.75, 3.05) is 11.5 Å². The Kier molecular flexibility index (Phi) is 5.37. The van der Waals surface area contributed by atoms with Gasteiger partial charge in [-0.2, -0.15) is 0 Å². The molecule has 0 saturated heterocycles. The molecule has 6 heteroatoms. The third kappa shape index (κ3) is 4.18. The average Bonchev–Trinajstić information content (AvgIpc) is 2.39. The van der Waals surface area contributed by atoms with Crippen LogP contribution in [0.3, 0.4) is 0 Å². The van der Waals surface area contributed by atoms with Crippen molar-refractivity contribution >= 4 is 23.5 Å². The minimum absolute atomic E-state index is 0.353. The fourth-order valence-corrected chi connectivity index (χ4v) is 3.32. The second-order valence-electron chi connectivity index (χ2n) is 3.85. The zero-order valence-corrected chi connectivity index (χ0v) is 11.8. The Morgan fingerprint density at radius 2 is 1.05 bits per heavy atom. The maximum atomic E-state index is 13.3. The van der Waals surface area contributed by atoms with Crippen LogP contribution >= 0.6 is 23.5 Å². The largest absolute Gasteiger partial charge is 0.207 e. The summed E-state index contributed by atoms with van der Waals surface area (Å²) in [5, 5.41) is 0. The van der Waals surface area contributed by atoms with E-state index in [-0.39, 0.29) is 0 Å². The van der Waals surface area contributed by atoms with Gasteiger partial charge in [-0.25, -0.2) is 17.6 Å². The minimum Gasteiger partial charge on any atom is -0.207 e. The van der Waals surface area contributed by atoms with E-state index in [4.69, 9.17) is 0 Å². The van der Waals surface area contributed by atoms with Crippen molar-refractivity contribution < 1.29 is 17.6 Å². The Hall–Kier alpha value is -1.14. The first-order valence-electron chi connectivity index (χ1n) is 5.72. The molecule has 0 heterocycles. The summed E-state index contributed by atoms with van der Waals surface area (Å²) in [6.07, 6.45) is 0. The summed E-state index contributed by atoms with van der Waals surface area (Å²) in [5.41, 5.74) is 0. The van der Waals surface area contributed by atoms with Crippen molar-refractivity contribution in [1.82, 2.24) is 0 Å². The monoisotopic (exact) mass is 318 g/mol. The van der Waals surface area contributed by atoms with Gasteiger partial charge in [0.25, 0.3) is 0 Å². The van der Waals surface area contributed by atoms with E-state index in [0.717, 1.165) is 12.1 Å². The first-order chi connectivity index (χ1) is 9.56. The molecule has 0 amide bonds. The molecule has 2 aromatic rings. The predicted molar refractivity (Wildman–Crippen MR) is 74.2 cm³/mol. The molecule has 0 aliphatic heterocycles. The number of benzene rings is 2. The van der Waals surface area contributed by atoms with Crippen molar-refractivity contribution in [3.8, 4) is 0 Å². The van der Waals surface area contributed by atoms with Crippen LogP contribution in [0, 0.1) is 23.3 Å². The summed E-state index contributed by atoms with van der Waals surface area (Å²) in [4.78, 5) is 0.707. The fraction of sp³-hybridized carbons (Fsp3) is 0.143. The zero-order valence-electron chi connectivity index (χ0n) is 10.2. The van der Waals surface area contributed by atoms with Gasteiger partial charge in [0.15, 0.2) is 0 Å². The van der Waals surface area contributed by atoms with Crippen molar-refractivity contribution in [2.24, 2.45) is 0 Å². The van der Waals surface area contributed by atoms with Gasteiger partial charge in [0.05, 0.1) is 0 Å². The lowest BCUT2D eigenvalue weighted by molar-refractivity contribution is 0.564. The molecule has 0 N–H and O–H groups in total. The molecule has 0 bridgehead atoms. The molecule has 0 fully saturated rings. The number of rotatable bonds is 5. The van der Waals surface area contributed by atoms with E-state index in [1.54, 1.807) is 0 Å². The first kappa shape index (κ1) is 15.3. The van der Waals surface area contributed by atoms with E-state index in [1.165, 1.54) is 47.8 Å². The molecule has 20 heavy (non-hydrogen) atoms. The molecule has 2 aromatic carbocycles. The molecule has 0 saturated carbocycles. The van der Waals surface area contributed by atoms with Crippen LogP contribution < -0.4 is 0 Å². The van der Waals surface area contributed by atoms with Crippen LogP contribution in [0.25, 0.3) is 0 Å². The molecule has 0 radical (unpaired) electrons. The Morgan fingerprint density at radius 3 is 1.40 bits per heavy atom. The molecule has 106 valence electrons. The van der Waals surface area contributed by atoms with Crippen LogP contribution in [0.4, 0.5) is 17.6 Å². The van der Waals surface area contributed by atoms with Gasteiger partial charge in [-0.15, -0.1) is 23.5 Å². The van der Waals surface area contributed by atoms with Crippen LogP contribution in [0.5, 0.6) is 0 Å². The van der Waals surface area contributed by atoms with Gasteiger partial charge >= 0.3 is 0 Å². The van der Waals surface area contributed by atoms with Crippen molar-refractivity contribution in [1.29, 1.82) is 0 Å². The van der Waals surface area contributed by atoms with Crippen LogP contribution in [0.1, 0.15) is 0 Å². The first-order valence-corrected chi connectivity index (χ1v) is 7.69. The SMILES string of the molecule is Fc1ccc(SCCSc2ccc(F)cc2F)c(F)c1. The Bertz CT molecular complexity index is 548. The Balaban J connectivity index is 1.84. The van der Waals surface area contributed by atoms with E-state index in [9.17, 15) is 17.6 Å². The van der Waals surface area contributed by atoms with Crippen LogP contribution in [-0.2, 0) is 0 Å². The highest BCUT2D eigenvalue weighted by Gasteiger charge is 2.06. The van der Waals surface area contributed by atoms with Crippen molar-refractivity contribution in [2.45, 2.75) is 9.79 Å². The van der Waals surface area contributed by atoms with Crippen molar-refractivity contribution in [3.63, 3.8) is 0 Å². The minimum atomic E-state index is -0.616. The third-order valence-corrected chi connectivity index (χ3v) is 4.75. The standard InChI is InChI=1S/C14H10F4S2/c15-9-1-3-13(11(17)7-9)19-5-6-20-14-4-2-10(16)8-12(14)18/h1-4,7-8H,5-6H2. The zero-order chi connectivity index (χ0) is 14.5. The van der Waals surface area contributed by atoms with Gasteiger partial charge in [0, 0.05) is 33.4 Å². The van der Waals surface area contributed by atoms with E-state index >= 15 is 0 Å². The number of halogens is 4. The smallest absolute Gasteiger partial charge is 0.139 e. The highest BCUT2D eigenvalue weighted by Crippen LogP contribution is 2.27. The molecule has 0 atom stereocenters. The molecule has 2 rings (SSSR count). The summed E-state index contributed by atoms with van der Waals surface area (Å²) >= 11 is 2.45. The Labute approximate surface area is 122 Å². The van der Waals surface area contributed by atoms with Crippen LogP contribution in [-0.4, -0.2) is 11.5 Å². The molecular formula is C14H10F4S2. The molecule has 0 aliphatic rings. The maximum Gasteiger partial charge on any atom is 0.139 e. The normalized spacial score (nSPS) is 10.8. The average molecular weight is 318 g/mol. The van der Waals surface area contributed by atoms with Gasteiger partial charge in [-0.1, -0.05) is 0 Å². The lowest BCUT2D eigenvalue weighted by atomic mass is 10.3. The lowest BCUT2D eigenvalue weighted by Gasteiger charge is -2.04. The van der Waals surface area contributed by atoms with Crippen molar-refractivity contribution in [3.05, 3.63) is 59.7 Å². The summed E-state index contributed by atoms with van der Waals surface area (Å²) in [6.45, 7) is 0. The quantitative estimate of drug-likeness (QED) is 0.426. The van der Waals surface area contributed by atoms with Gasteiger partial charge in [-0.05, 0) is 24.3 Å². The Morgan fingerprint density at radius 1 is 0.650 bits per heavy atom. The summed E-state index contributed by atoms with van der Waals surface area (Å²) in [7, 11) is 0. The number of hydrogen-bond acceptors (Lipinski definition) is 2. The molecule has 0 spiro atoms. The van der Waals surface area contributed by atoms with Gasteiger partial charge in [0.2, 0.25) is 0 Å². The second-order valence-corrected chi connectivity index (χ2v) is 6.12. The summed E-state index contributed by atoms with van der Waals surface area (Å²) in [6, 6.07) is 6.79. The highest BCUT2D eigenvalue weighted by atomic mass is 32.2. The molecule has 0 aromatic heterocycles. The molecule has 0 aliphatic carbocycles. The maximum absolute atomic E-state index is 13.3.